The maximum atomic E-state index is 12.7. The van der Waals surface area contributed by atoms with Crippen LogP contribution in [0.5, 0.6) is 5.75 Å². The fourth-order valence-electron chi connectivity index (χ4n) is 3.77. The fourth-order valence-corrected chi connectivity index (χ4v) is 4.73. The zero-order valence-electron chi connectivity index (χ0n) is 18.8. The number of aliphatic hydroxyl groups is 1. The molecule has 0 bridgehead atoms. The first-order valence-electron chi connectivity index (χ1n) is 10.9. The number of sulfonamides is 1. The quantitative estimate of drug-likeness (QED) is 0.436. The van der Waals surface area contributed by atoms with Crippen molar-refractivity contribution in [3.63, 3.8) is 0 Å². The number of rotatable bonds is 10. The van der Waals surface area contributed by atoms with Gasteiger partial charge in [-0.15, -0.1) is 0 Å². The predicted octanol–water partition coefficient (Wildman–Crippen LogP) is 2.60. The fraction of sp³-hybridized carbons (Fsp3) is 0.435. The molecular weight excluding hydrogens is 501 g/mol. The Morgan fingerprint density at radius 2 is 1.82 bits per heavy atom. The normalized spacial score (nSPS) is 17.2. The largest absolute Gasteiger partial charge is 0.490 e. The Morgan fingerprint density at radius 1 is 1.15 bits per heavy atom. The van der Waals surface area contributed by atoms with E-state index in [1.54, 1.807) is 48.5 Å². The lowest BCUT2D eigenvalue weighted by Gasteiger charge is -2.33. The zero-order valence-corrected chi connectivity index (χ0v) is 21.1. The summed E-state index contributed by atoms with van der Waals surface area (Å²) in [5.41, 5.74) is 0.518. The molecular formula is C23H29Cl2N3O5S. The number of halogens is 2. The van der Waals surface area contributed by atoms with Gasteiger partial charge in [0.15, 0.2) is 0 Å². The topological polar surface area (TPSA) is 108 Å². The number of carbonyl (C=O) groups is 1. The van der Waals surface area contributed by atoms with Crippen LogP contribution >= 0.6 is 23.2 Å². The minimum absolute atomic E-state index is 0.00725. The molecule has 186 valence electrons. The summed E-state index contributed by atoms with van der Waals surface area (Å²) in [6.07, 6.45) is 1.81. The van der Waals surface area contributed by atoms with Crippen molar-refractivity contribution < 1.29 is 23.1 Å². The Balaban J connectivity index is 1.45. The van der Waals surface area contributed by atoms with Gasteiger partial charge in [0, 0.05) is 32.2 Å². The van der Waals surface area contributed by atoms with Gasteiger partial charge in [-0.1, -0.05) is 53.5 Å². The van der Waals surface area contributed by atoms with Gasteiger partial charge >= 0.3 is 0 Å². The van der Waals surface area contributed by atoms with E-state index in [4.69, 9.17) is 27.9 Å². The average molecular weight is 530 g/mol. The van der Waals surface area contributed by atoms with E-state index in [-0.39, 0.29) is 12.6 Å². The first-order chi connectivity index (χ1) is 16.1. The van der Waals surface area contributed by atoms with Gasteiger partial charge in [-0.25, -0.2) is 8.42 Å². The summed E-state index contributed by atoms with van der Waals surface area (Å²) in [5, 5.41) is 14.0. The number of amides is 1. The minimum Gasteiger partial charge on any atom is -0.490 e. The van der Waals surface area contributed by atoms with Crippen molar-refractivity contribution in [2.75, 3.05) is 32.4 Å². The molecule has 0 radical (unpaired) electrons. The number of piperidine rings is 1. The molecule has 1 heterocycles. The van der Waals surface area contributed by atoms with Crippen molar-refractivity contribution in [3.8, 4) is 5.75 Å². The number of ether oxygens (including phenoxy) is 1. The van der Waals surface area contributed by atoms with E-state index in [9.17, 15) is 18.3 Å². The SMILES string of the molecule is CS(=O)(=O)N[C@H](C(=O)NC[C@@H](O)CN1CCC(Oc2ccc(Cl)c(Cl)c2)CC1)c1ccccc1. The van der Waals surface area contributed by atoms with Crippen LogP contribution in [0.15, 0.2) is 48.5 Å². The summed E-state index contributed by atoms with van der Waals surface area (Å²) in [7, 11) is -3.62. The predicted molar refractivity (Wildman–Crippen MR) is 133 cm³/mol. The van der Waals surface area contributed by atoms with E-state index in [0.29, 0.717) is 27.9 Å². The number of β-amino-alcohol motifs (C(OH)–C–C–N with tert-alkyl or cyclic N) is 1. The van der Waals surface area contributed by atoms with Gasteiger partial charge in [0.2, 0.25) is 15.9 Å². The van der Waals surface area contributed by atoms with Crippen LogP contribution in [0, 0.1) is 0 Å². The number of benzene rings is 2. The standard InChI is InChI=1S/C23H29Cl2N3O5S/c1-34(31,32)27-22(16-5-3-2-4-6-16)23(30)26-14-17(29)15-28-11-9-18(10-12-28)33-19-7-8-20(24)21(25)13-19/h2-8,13,17-18,22,27,29H,9-12,14-15H2,1H3,(H,26,30)/t17-,22+/m1/s1. The highest BCUT2D eigenvalue weighted by Gasteiger charge is 2.26. The number of aliphatic hydroxyl groups excluding tert-OH is 1. The molecule has 34 heavy (non-hydrogen) atoms. The second-order valence-corrected chi connectivity index (χ2v) is 10.9. The van der Waals surface area contributed by atoms with Crippen LogP contribution in [0.4, 0.5) is 0 Å². The molecule has 0 unspecified atom stereocenters. The second-order valence-electron chi connectivity index (χ2n) is 8.33. The smallest absolute Gasteiger partial charge is 0.242 e. The van der Waals surface area contributed by atoms with Gasteiger partial charge in [0.1, 0.15) is 17.9 Å². The van der Waals surface area contributed by atoms with Crippen molar-refractivity contribution in [1.29, 1.82) is 0 Å². The van der Waals surface area contributed by atoms with Crippen LogP contribution in [0.1, 0.15) is 24.4 Å². The van der Waals surface area contributed by atoms with E-state index >= 15 is 0 Å². The van der Waals surface area contributed by atoms with Crippen LogP contribution in [0.3, 0.4) is 0 Å². The number of hydrogen-bond acceptors (Lipinski definition) is 6. The Labute approximate surface area is 210 Å². The maximum Gasteiger partial charge on any atom is 0.242 e. The van der Waals surface area contributed by atoms with Crippen molar-refractivity contribution in [3.05, 3.63) is 64.1 Å². The molecule has 1 saturated heterocycles. The lowest BCUT2D eigenvalue weighted by atomic mass is 10.1. The monoisotopic (exact) mass is 529 g/mol. The number of nitrogens with zero attached hydrogens (tertiary/aromatic N) is 1. The van der Waals surface area contributed by atoms with E-state index in [1.165, 1.54) is 0 Å². The molecule has 3 N–H and O–H groups in total. The van der Waals surface area contributed by atoms with Gasteiger partial charge in [0.05, 0.1) is 22.4 Å². The molecule has 0 saturated carbocycles. The van der Waals surface area contributed by atoms with Crippen LogP contribution in [0.25, 0.3) is 0 Å². The number of nitrogens with one attached hydrogen (secondary N) is 2. The van der Waals surface area contributed by atoms with Crippen molar-refractivity contribution >= 4 is 39.1 Å². The zero-order chi connectivity index (χ0) is 24.7. The first-order valence-corrected chi connectivity index (χ1v) is 13.6. The lowest BCUT2D eigenvalue weighted by molar-refractivity contribution is -0.123. The number of hydrogen-bond donors (Lipinski definition) is 3. The molecule has 8 nitrogen and oxygen atoms in total. The molecule has 1 aliphatic heterocycles. The summed E-state index contributed by atoms with van der Waals surface area (Å²) in [5.74, 6) is 0.149. The molecule has 11 heteroatoms. The van der Waals surface area contributed by atoms with E-state index in [2.05, 4.69) is 14.9 Å². The summed E-state index contributed by atoms with van der Waals surface area (Å²) < 4.78 is 31.8. The number of carbonyl (C=O) groups excluding carboxylic acids is 1. The molecule has 2 aromatic rings. The summed E-state index contributed by atoms with van der Waals surface area (Å²) in [4.78, 5) is 14.8. The molecule has 1 amide bonds. The van der Waals surface area contributed by atoms with Crippen molar-refractivity contribution in [1.82, 2.24) is 14.9 Å². The molecule has 1 aliphatic rings. The van der Waals surface area contributed by atoms with Gasteiger partial charge in [0.25, 0.3) is 0 Å². The Bertz CT molecular complexity index is 1060. The van der Waals surface area contributed by atoms with Crippen molar-refractivity contribution in [2.24, 2.45) is 0 Å². The maximum absolute atomic E-state index is 12.7. The van der Waals surface area contributed by atoms with Gasteiger partial charge in [-0.05, 0) is 30.5 Å². The number of likely N-dealkylation sites (tertiary alicyclic amines) is 1. The Kier molecular flexibility index (Phi) is 9.58. The molecule has 2 atom stereocenters. The summed E-state index contributed by atoms with van der Waals surface area (Å²) in [6.45, 7) is 1.86. The first kappa shape index (κ1) is 26.7. The average Bonchev–Trinajstić information content (AvgIpc) is 2.79. The molecule has 0 aliphatic carbocycles. The third-order valence-electron chi connectivity index (χ3n) is 5.44. The highest BCUT2D eigenvalue weighted by Crippen LogP contribution is 2.28. The third-order valence-corrected chi connectivity index (χ3v) is 6.84. The lowest BCUT2D eigenvalue weighted by Crippen LogP contribution is -2.47. The van der Waals surface area contributed by atoms with Gasteiger partial charge < -0.3 is 20.1 Å². The van der Waals surface area contributed by atoms with Crippen LogP contribution in [-0.2, 0) is 14.8 Å². The Hall–Kier alpha value is -1.88. The van der Waals surface area contributed by atoms with Crippen LogP contribution in [0.2, 0.25) is 10.0 Å². The molecule has 0 aromatic heterocycles. The van der Waals surface area contributed by atoms with E-state index in [1.807, 2.05) is 0 Å². The van der Waals surface area contributed by atoms with Crippen LogP contribution in [-0.4, -0.2) is 69.0 Å². The van der Waals surface area contributed by atoms with Crippen LogP contribution < -0.4 is 14.8 Å². The molecule has 2 aromatic carbocycles. The van der Waals surface area contributed by atoms with E-state index < -0.39 is 28.1 Å². The minimum atomic E-state index is -3.62. The second kappa shape index (κ2) is 12.2. The highest BCUT2D eigenvalue weighted by molar-refractivity contribution is 7.88. The van der Waals surface area contributed by atoms with Crippen molar-refractivity contribution in [2.45, 2.75) is 31.1 Å². The Morgan fingerprint density at radius 3 is 2.44 bits per heavy atom. The van der Waals surface area contributed by atoms with E-state index in [0.717, 1.165) is 32.2 Å². The highest BCUT2D eigenvalue weighted by atomic mass is 35.5. The molecule has 3 rings (SSSR count). The summed E-state index contributed by atoms with van der Waals surface area (Å²) >= 11 is 12.0. The summed E-state index contributed by atoms with van der Waals surface area (Å²) in [6, 6.07) is 12.7. The third kappa shape index (κ3) is 8.41. The van der Waals surface area contributed by atoms with Gasteiger partial charge in [-0.3, -0.25) is 4.79 Å². The molecule has 1 fully saturated rings. The van der Waals surface area contributed by atoms with Gasteiger partial charge in [-0.2, -0.15) is 4.72 Å². The molecule has 0 spiro atoms.